The van der Waals surface area contributed by atoms with Gasteiger partial charge in [0.25, 0.3) is 0 Å². The fourth-order valence-electron chi connectivity index (χ4n) is 2.19. The maximum absolute atomic E-state index is 8.74. The van der Waals surface area contributed by atoms with Gasteiger partial charge in [-0.3, -0.25) is 0 Å². The van der Waals surface area contributed by atoms with E-state index >= 15 is 0 Å². The Bertz CT molecular complexity index is 1010. The zero-order chi connectivity index (χ0) is 32.5. The summed E-state index contributed by atoms with van der Waals surface area (Å²) in [4.78, 5) is 14.0. The van der Waals surface area contributed by atoms with Crippen molar-refractivity contribution >= 4 is 44.4 Å². The quantitative estimate of drug-likeness (QED) is 0.181. The van der Waals surface area contributed by atoms with Crippen molar-refractivity contribution in [2.45, 2.75) is 70.2 Å². The highest BCUT2D eigenvalue weighted by Crippen LogP contribution is 2.22. The number of halogens is 2. The number of ether oxygens (including phenoxy) is 1. The molecule has 0 aliphatic heterocycles. The van der Waals surface area contributed by atoms with Crippen LogP contribution in [0, 0.1) is 9.93 Å². The number of phenols is 1. The van der Waals surface area contributed by atoms with Crippen molar-refractivity contribution in [3.63, 3.8) is 0 Å². The van der Waals surface area contributed by atoms with E-state index in [0.717, 1.165) is 20.4 Å². The lowest BCUT2D eigenvalue weighted by molar-refractivity contribution is 0.426. The van der Waals surface area contributed by atoms with Crippen LogP contribution in [0.3, 0.4) is 0 Å². The molecular weight excluding hydrogens is 675 g/mol. The second-order valence-corrected chi connectivity index (χ2v) is 7.96. The molecule has 0 atom stereocenters. The molecule has 3 N–H and O–H groups in total. The Hall–Kier alpha value is -2.98. The SMILES string of the molecule is Brc1ccc(Oc2ccccc2)cc1.C.C.CC.CC.CC.CC.O=O.OB(O)c1ccccc1.Oc1ccc(Br)cc1.[2HH]. The highest BCUT2D eigenvalue weighted by molar-refractivity contribution is 9.10. The average molecular weight is 731 g/mol. The van der Waals surface area contributed by atoms with Gasteiger partial charge in [0, 0.05) is 20.3 Å². The van der Waals surface area contributed by atoms with Gasteiger partial charge in [-0.25, -0.2) is 0 Å². The van der Waals surface area contributed by atoms with Gasteiger partial charge in [-0.1, -0.05) is 151 Å². The minimum absolute atomic E-state index is 0. The Labute approximate surface area is 280 Å². The van der Waals surface area contributed by atoms with Crippen LogP contribution in [0.15, 0.2) is 118 Å². The van der Waals surface area contributed by atoms with Crippen molar-refractivity contribution in [2.75, 3.05) is 0 Å². The molecule has 0 unspecified atom stereocenters. The number of para-hydroxylation sites is 1. The number of rotatable bonds is 3. The fourth-order valence-corrected chi connectivity index (χ4v) is 2.72. The van der Waals surface area contributed by atoms with E-state index in [0.29, 0.717) is 11.2 Å². The summed E-state index contributed by atoms with van der Waals surface area (Å²) in [7, 11) is -1.34. The predicted octanol–water partition coefficient (Wildman–Crippen LogP) is 11.5. The first-order valence-corrected chi connectivity index (χ1v) is 15.0. The maximum Gasteiger partial charge on any atom is 0.488 e. The Morgan fingerprint density at radius 3 is 1.14 bits per heavy atom. The molecule has 0 aromatic heterocycles. The lowest BCUT2D eigenvalue weighted by Gasteiger charge is -2.04. The normalized spacial score (nSPS) is 7.44. The molecule has 4 rings (SSSR count). The van der Waals surface area contributed by atoms with E-state index in [4.69, 9.17) is 29.8 Å². The van der Waals surface area contributed by atoms with Crippen molar-refractivity contribution in [3.8, 4) is 17.2 Å². The molecule has 6 nitrogen and oxygen atoms in total. The van der Waals surface area contributed by atoms with Crippen molar-refractivity contribution in [2.24, 2.45) is 0 Å². The van der Waals surface area contributed by atoms with E-state index in [1.807, 2.05) is 116 Å². The number of hydrogen-bond donors (Lipinski definition) is 3. The minimum atomic E-state index is -1.34. The summed E-state index contributed by atoms with van der Waals surface area (Å²) in [5.74, 6) is 2.00. The number of phenolic OH excluding ortho intramolecular Hbond substituents is 1. The van der Waals surface area contributed by atoms with E-state index in [9.17, 15) is 0 Å². The van der Waals surface area contributed by atoms with Crippen LogP contribution in [0.5, 0.6) is 17.2 Å². The maximum atomic E-state index is 8.74. The summed E-state index contributed by atoms with van der Waals surface area (Å²) in [5.41, 5.74) is 0.525. The number of hydrogen-bond acceptors (Lipinski definition) is 6. The van der Waals surface area contributed by atoms with Gasteiger partial charge in [-0.05, 0) is 66.1 Å². The Balaban J connectivity index is -0.0000000813. The smallest absolute Gasteiger partial charge is 0.488 e. The Morgan fingerprint density at radius 2 is 0.837 bits per heavy atom. The summed E-state index contributed by atoms with van der Waals surface area (Å²) >= 11 is 6.61. The van der Waals surface area contributed by atoms with Crippen molar-refractivity contribution in [3.05, 3.63) is 128 Å². The third-order valence-electron chi connectivity index (χ3n) is 3.72. The molecule has 9 heteroatoms. The molecule has 0 fully saturated rings. The van der Waals surface area contributed by atoms with Gasteiger partial charge in [0.2, 0.25) is 0 Å². The summed E-state index contributed by atoms with van der Waals surface area (Å²) in [6.07, 6.45) is 0. The largest absolute Gasteiger partial charge is 0.508 e. The van der Waals surface area contributed by atoms with Gasteiger partial charge >= 0.3 is 7.12 Å². The van der Waals surface area contributed by atoms with Gasteiger partial charge in [0.15, 0.2) is 0 Å². The zero-order valence-corrected chi connectivity index (χ0v) is 28.5. The standard InChI is InChI=1S/C12H9BrO.C6H7BO2.C6H5BrO.4C2H6.2CH4.O2.H2/c13-10-6-8-12(9-7-10)14-11-4-2-1-3-5-11;8-7(9)6-4-2-1-3-5-6;7-5-1-3-6(8)4-2-5;4*1-2;;;1-2;/h1-9H;1-5,8-9H;1-4,8H;4*1-2H3;2*1H4;;1H/i;;;;;;;;;;1+1. The van der Waals surface area contributed by atoms with Crippen LogP contribution in [-0.2, 0) is 0 Å². The van der Waals surface area contributed by atoms with E-state index in [1.165, 1.54) is 0 Å². The van der Waals surface area contributed by atoms with Gasteiger partial charge in [-0.15, -0.1) is 0 Å². The lowest BCUT2D eigenvalue weighted by atomic mass is 9.81. The van der Waals surface area contributed by atoms with E-state index in [-0.39, 0.29) is 16.3 Å². The molecule has 4 aromatic rings. The molecule has 0 heterocycles. The van der Waals surface area contributed by atoms with Gasteiger partial charge < -0.3 is 19.9 Å². The van der Waals surface area contributed by atoms with E-state index in [1.54, 1.807) is 48.5 Å². The molecule has 0 spiro atoms. The average Bonchev–Trinajstić information content (AvgIpc) is 3.06. The molecule has 0 saturated heterocycles. The molecule has 0 aliphatic carbocycles. The zero-order valence-electron chi connectivity index (χ0n) is 25.3. The highest BCUT2D eigenvalue weighted by Gasteiger charge is 2.07. The second-order valence-electron chi connectivity index (χ2n) is 6.13. The molecule has 0 saturated carbocycles. The first-order chi connectivity index (χ1) is 19.9. The van der Waals surface area contributed by atoms with E-state index < -0.39 is 7.12 Å². The van der Waals surface area contributed by atoms with Crippen LogP contribution in [0.4, 0.5) is 0 Å². The fraction of sp³-hybridized carbons (Fsp3) is 0.294. The first-order valence-electron chi connectivity index (χ1n) is 13.4. The third kappa shape index (κ3) is 31.8. The number of aromatic hydroxyl groups is 1. The Kier molecular flexibility index (Phi) is 50.4. The second kappa shape index (κ2) is 41.2. The molecule has 4 aromatic carbocycles. The third-order valence-corrected chi connectivity index (χ3v) is 4.77. The van der Waals surface area contributed by atoms with Crippen LogP contribution in [0.2, 0.25) is 0 Å². The molecule has 244 valence electrons. The van der Waals surface area contributed by atoms with Crippen LogP contribution in [0.1, 0.15) is 71.7 Å². The molecule has 0 aliphatic rings. The molecule has 0 radical (unpaired) electrons. The minimum Gasteiger partial charge on any atom is -0.508 e. The first kappa shape index (κ1) is 52.7. The van der Waals surface area contributed by atoms with Crippen molar-refractivity contribution in [1.29, 1.82) is 0 Å². The Morgan fingerprint density at radius 1 is 0.535 bits per heavy atom. The lowest BCUT2D eigenvalue weighted by Crippen LogP contribution is -2.29. The van der Waals surface area contributed by atoms with E-state index in [2.05, 4.69) is 31.9 Å². The topological polar surface area (TPSA) is 104 Å². The summed E-state index contributed by atoms with van der Waals surface area (Å²) in [6.45, 7) is 16.0. The van der Waals surface area contributed by atoms with Crippen LogP contribution < -0.4 is 10.2 Å². The van der Waals surface area contributed by atoms with Gasteiger partial charge in [0.1, 0.15) is 17.2 Å². The van der Waals surface area contributed by atoms with Crippen LogP contribution in [-0.4, -0.2) is 22.3 Å². The molecule has 43 heavy (non-hydrogen) atoms. The predicted molar refractivity (Wildman–Crippen MR) is 200 cm³/mol. The highest BCUT2D eigenvalue weighted by atomic mass is 79.9. The molecular formula is C34H55BBr2O6. The van der Waals surface area contributed by atoms with Crippen molar-refractivity contribution in [1.82, 2.24) is 0 Å². The summed E-state index contributed by atoms with van der Waals surface area (Å²) in [6, 6.07) is 33.0. The van der Waals surface area contributed by atoms with Gasteiger partial charge in [0.05, 0.1) is 0 Å². The summed E-state index contributed by atoms with van der Waals surface area (Å²) < 4.78 is 7.65. The van der Waals surface area contributed by atoms with Crippen molar-refractivity contribution < 1.29 is 21.3 Å². The van der Waals surface area contributed by atoms with Crippen LogP contribution >= 0.6 is 31.9 Å². The molecule has 0 amide bonds. The number of benzene rings is 4. The monoisotopic (exact) mass is 729 g/mol. The van der Waals surface area contributed by atoms with Gasteiger partial charge in [-0.2, -0.15) is 0 Å². The molecule has 0 bridgehead atoms. The summed E-state index contributed by atoms with van der Waals surface area (Å²) in [5, 5.41) is 25.9. The van der Waals surface area contributed by atoms with Crippen LogP contribution in [0.25, 0.3) is 0 Å².